The molecule has 2 amide bonds. The molecule has 0 fully saturated rings. The normalized spacial score (nSPS) is 12.2. The van der Waals surface area contributed by atoms with Gasteiger partial charge >= 0.3 is 0 Å². The first kappa shape index (κ1) is 23.9. The van der Waals surface area contributed by atoms with E-state index >= 15 is 0 Å². The number of carbonyl (C=O) groups is 2. The average molecular weight is 496 g/mol. The zero-order chi connectivity index (χ0) is 22.5. The Hall–Kier alpha value is -2.39. The van der Waals surface area contributed by atoms with Crippen LogP contribution in [0.15, 0.2) is 53.0 Å². The molecule has 0 aromatic heterocycles. The second-order valence-corrected chi connectivity index (χ2v) is 9.87. The van der Waals surface area contributed by atoms with Crippen LogP contribution in [-0.4, -0.2) is 51.0 Å². The topological polar surface area (TPSA) is 86.8 Å². The number of hydrogen-bond donors (Lipinski definition) is 1. The standard InChI is InChI=1S/C21H26BrN3O4S/c1-15-7-5-10-19(11-15)25(30(4,28)29)14-20(26)24(16(2)21(27)23-3)13-17-8-6-9-18(22)12-17/h5-12,16H,13-14H2,1-4H3,(H,23,27)/t16-/m0/s1. The molecule has 0 unspecified atom stereocenters. The van der Waals surface area contributed by atoms with Crippen molar-refractivity contribution in [3.8, 4) is 0 Å². The van der Waals surface area contributed by atoms with Crippen LogP contribution in [0.1, 0.15) is 18.1 Å². The summed E-state index contributed by atoms with van der Waals surface area (Å²) in [5, 5.41) is 2.55. The minimum atomic E-state index is -3.72. The highest BCUT2D eigenvalue weighted by Gasteiger charge is 2.29. The predicted molar refractivity (Wildman–Crippen MR) is 122 cm³/mol. The summed E-state index contributed by atoms with van der Waals surface area (Å²) in [5.74, 6) is -0.808. The maximum atomic E-state index is 13.2. The van der Waals surface area contributed by atoms with Crippen LogP contribution in [0.25, 0.3) is 0 Å². The number of likely N-dealkylation sites (N-methyl/N-ethyl adjacent to an activating group) is 1. The Labute approximate surface area is 186 Å². The number of anilines is 1. The van der Waals surface area contributed by atoms with Gasteiger partial charge in [0.25, 0.3) is 0 Å². The second kappa shape index (κ2) is 10.1. The van der Waals surface area contributed by atoms with Crippen molar-refractivity contribution in [3.63, 3.8) is 0 Å². The van der Waals surface area contributed by atoms with Crippen molar-refractivity contribution >= 4 is 43.5 Å². The van der Waals surface area contributed by atoms with Crippen molar-refractivity contribution in [2.24, 2.45) is 0 Å². The largest absolute Gasteiger partial charge is 0.357 e. The van der Waals surface area contributed by atoms with Gasteiger partial charge in [-0.25, -0.2) is 8.42 Å². The van der Waals surface area contributed by atoms with Crippen LogP contribution in [0.4, 0.5) is 5.69 Å². The Balaban J connectivity index is 2.38. The van der Waals surface area contributed by atoms with E-state index in [-0.39, 0.29) is 12.5 Å². The summed E-state index contributed by atoms with van der Waals surface area (Å²) in [4.78, 5) is 26.9. The van der Waals surface area contributed by atoms with Gasteiger partial charge in [-0.3, -0.25) is 13.9 Å². The summed E-state index contributed by atoms with van der Waals surface area (Å²) in [5.41, 5.74) is 2.09. The lowest BCUT2D eigenvalue weighted by molar-refractivity contribution is -0.139. The highest BCUT2D eigenvalue weighted by molar-refractivity contribution is 9.10. The maximum Gasteiger partial charge on any atom is 0.244 e. The average Bonchev–Trinajstić information content (AvgIpc) is 2.68. The summed E-state index contributed by atoms with van der Waals surface area (Å²) < 4.78 is 26.8. The Bertz CT molecular complexity index is 1030. The van der Waals surface area contributed by atoms with E-state index in [4.69, 9.17) is 0 Å². The van der Waals surface area contributed by atoms with Crippen LogP contribution < -0.4 is 9.62 Å². The Morgan fingerprint density at radius 2 is 1.80 bits per heavy atom. The van der Waals surface area contributed by atoms with E-state index in [0.29, 0.717) is 5.69 Å². The number of nitrogens with zero attached hydrogens (tertiary/aromatic N) is 2. The van der Waals surface area contributed by atoms with E-state index in [1.165, 1.54) is 11.9 Å². The molecule has 162 valence electrons. The van der Waals surface area contributed by atoms with Gasteiger partial charge in [-0.05, 0) is 49.2 Å². The van der Waals surface area contributed by atoms with E-state index in [2.05, 4.69) is 21.2 Å². The molecule has 1 N–H and O–H groups in total. The fourth-order valence-corrected chi connectivity index (χ4v) is 4.31. The zero-order valence-electron chi connectivity index (χ0n) is 17.4. The molecular weight excluding hydrogens is 470 g/mol. The van der Waals surface area contributed by atoms with Gasteiger partial charge in [0.15, 0.2) is 0 Å². The van der Waals surface area contributed by atoms with Crippen LogP contribution >= 0.6 is 15.9 Å². The molecule has 0 aliphatic heterocycles. The molecular formula is C21H26BrN3O4S. The van der Waals surface area contributed by atoms with Gasteiger partial charge in [0, 0.05) is 18.1 Å². The number of halogens is 1. The Kier molecular flexibility index (Phi) is 8.03. The van der Waals surface area contributed by atoms with E-state index in [1.54, 1.807) is 25.1 Å². The fourth-order valence-electron chi connectivity index (χ4n) is 3.02. The lowest BCUT2D eigenvalue weighted by atomic mass is 10.1. The first-order chi connectivity index (χ1) is 14.0. The first-order valence-electron chi connectivity index (χ1n) is 9.33. The molecule has 0 spiro atoms. The number of sulfonamides is 1. The third kappa shape index (κ3) is 6.30. The van der Waals surface area contributed by atoms with E-state index < -0.39 is 28.5 Å². The molecule has 2 aromatic rings. The van der Waals surface area contributed by atoms with Crippen LogP contribution in [0, 0.1) is 6.92 Å². The fraction of sp³-hybridized carbons (Fsp3) is 0.333. The number of aryl methyl sites for hydroxylation is 1. The molecule has 30 heavy (non-hydrogen) atoms. The van der Waals surface area contributed by atoms with Crippen molar-refractivity contribution in [2.75, 3.05) is 24.2 Å². The summed E-state index contributed by atoms with van der Waals surface area (Å²) in [6.07, 6.45) is 1.06. The molecule has 0 saturated carbocycles. The summed E-state index contributed by atoms with van der Waals surface area (Å²) in [7, 11) is -2.22. The number of hydrogen-bond acceptors (Lipinski definition) is 4. The SMILES string of the molecule is CNC(=O)[C@H](C)N(Cc1cccc(Br)c1)C(=O)CN(c1cccc(C)c1)S(C)(=O)=O. The Morgan fingerprint density at radius 1 is 1.13 bits per heavy atom. The minimum Gasteiger partial charge on any atom is -0.357 e. The van der Waals surface area contributed by atoms with Crippen molar-refractivity contribution < 1.29 is 18.0 Å². The molecule has 2 rings (SSSR count). The minimum absolute atomic E-state index is 0.165. The van der Waals surface area contributed by atoms with Crippen LogP contribution in [0.5, 0.6) is 0 Å². The highest BCUT2D eigenvalue weighted by Crippen LogP contribution is 2.21. The van der Waals surface area contributed by atoms with Gasteiger partial charge < -0.3 is 10.2 Å². The third-order valence-corrected chi connectivity index (χ3v) is 6.26. The van der Waals surface area contributed by atoms with E-state index in [0.717, 1.165) is 26.2 Å². The van der Waals surface area contributed by atoms with Crippen LogP contribution in [-0.2, 0) is 26.2 Å². The number of benzene rings is 2. The Morgan fingerprint density at radius 3 is 2.37 bits per heavy atom. The van der Waals surface area contributed by atoms with Crippen molar-refractivity contribution in [1.29, 1.82) is 0 Å². The van der Waals surface area contributed by atoms with Crippen molar-refractivity contribution in [1.82, 2.24) is 10.2 Å². The van der Waals surface area contributed by atoms with Crippen molar-refractivity contribution in [3.05, 3.63) is 64.1 Å². The van der Waals surface area contributed by atoms with Gasteiger partial charge in [0.2, 0.25) is 21.8 Å². The van der Waals surface area contributed by atoms with E-state index in [1.807, 2.05) is 37.3 Å². The molecule has 0 radical (unpaired) electrons. The summed E-state index contributed by atoms with van der Waals surface area (Å²) in [6, 6.07) is 13.5. The molecule has 0 aliphatic carbocycles. The third-order valence-electron chi connectivity index (χ3n) is 4.62. The first-order valence-corrected chi connectivity index (χ1v) is 12.0. The molecule has 0 aliphatic rings. The molecule has 1 atom stereocenters. The predicted octanol–water partition coefficient (Wildman–Crippen LogP) is 2.69. The quantitative estimate of drug-likeness (QED) is 0.609. The van der Waals surface area contributed by atoms with Gasteiger partial charge in [-0.2, -0.15) is 0 Å². The zero-order valence-corrected chi connectivity index (χ0v) is 19.8. The highest BCUT2D eigenvalue weighted by atomic mass is 79.9. The lowest BCUT2D eigenvalue weighted by Crippen LogP contribution is -2.50. The molecule has 0 heterocycles. The second-order valence-electron chi connectivity index (χ2n) is 7.05. The van der Waals surface area contributed by atoms with E-state index in [9.17, 15) is 18.0 Å². The summed E-state index contributed by atoms with van der Waals surface area (Å²) >= 11 is 3.40. The van der Waals surface area contributed by atoms with Gasteiger partial charge in [-0.1, -0.05) is 40.2 Å². The number of nitrogens with one attached hydrogen (secondary N) is 1. The molecule has 7 nitrogen and oxygen atoms in total. The molecule has 2 aromatic carbocycles. The van der Waals surface area contributed by atoms with Crippen molar-refractivity contribution in [2.45, 2.75) is 26.4 Å². The monoisotopic (exact) mass is 495 g/mol. The molecule has 9 heteroatoms. The lowest BCUT2D eigenvalue weighted by Gasteiger charge is -2.31. The number of rotatable bonds is 8. The smallest absolute Gasteiger partial charge is 0.244 e. The molecule has 0 bridgehead atoms. The van der Waals surface area contributed by atoms with Crippen LogP contribution in [0.2, 0.25) is 0 Å². The number of carbonyl (C=O) groups excluding carboxylic acids is 2. The van der Waals surface area contributed by atoms with Gasteiger partial charge in [0.05, 0.1) is 11.9 Å². The van der Waals surface area contributed by atoms with Crippen LogP contribution in [0.3, 0.4) is 0 Å². The van der Waals surface area contributed by atoms with Gasteiger partial charge in [-0.15, -0.1) is 0 Å². The molecule has 0 saturated heterocycles. The number of amides is 2. The van der Waals surface area contributed by atoms with Gasteiger partial charge in [0.1, 0.15) is 12.6 Å². The maximum absolute atomic E-state index is 13.2. The summed E-state index contributed by atoms with van der Waals surface area (Å²) in [6.45, 7) is 3.22.